The van der Waals surface area contributed by atoms with Crippen LogP contribution in [0.25, 0.3) is 0 Å². The predicted molar refractivity (Wildman–Crippen MR) is 90.1 cm³/mol. The maximum atomic E-state index is 4.90. The first kappa shape index (κ1) is 15.3. The SMILES string of the molecule is BC1CCCCC2C(C1)S/C(=N\C(C)C)N2C(C)C. The lowest BCUT2D eigenvalue weighted by atomic mass is 9.76. The third kappa shape index (κ3) is 3.71. The molecule has 0 aromatic heterocycles. The van der Waals surface area contributed by atoms with Crippen molar-refractivity contribution in [1.82, 2.24) is 4.90 Å². The van der Waals surface area contributed by atoms with Gasteiger partial charge < -0.3 is 4.90 Å². The van der Waals surface area contributed by atoms with Crippen molar-refractivity contribution in [2.75, 3.05) is 0 Å². The van der Waals surface area contributed by atoms with E-state index in [9.17, 15) is 0 Å². The van der Waals surface area contributed by atoms with Crippen molar-refractivity contribution in [2.45, 2.75) is 89.0 Å². The Labute approximate surface area is 124 Å². The third-order valence-corrected chi connectivity index (χ3v) is 5.61. The lowest BCUT2D eigenvalue weighted by molar-refractivity contribution is 0.239. The lowest BCUT2D eigenvalue weighted by Crippen LogP contribution is -2.42. The van der Waals surface area contributed by atoms with Gasteiger partial charge in [-0.15, -0.1) is 0 Å². The highest BCUT2D eigenvalue weighted by Gasteiger charge is 2.40. The summed E-state index contributed by atoms with van der Waals surface area (Å²) in [7, 11) is 2.43. The first-order chi connectivity index (χ1) is 8.99. The molecule has 0 amide bonds. The number of thioether (sulfide) groups is 1. The average Bonchev–Trinajstić information content (AvgIpc) is 2.58. The van der Waals surface area contributed by atoms with Crippen molar-refractivity contribution in [3.8, 4) is 0 Å². The molecule has 3 unspecified atom stereocenters. The van der Waals surface area contributed by atoms with Crippen LogP contribution in [0.5, 0.6) is 0 Å². The molecule has 0 aromatic rings. The first-order valence-corrected chi connectivity index (χ1v) is 8.89. The molecular weight excluding hydrogens is 251 g/mol. The van der Waals surface area contributed by atoms with E-state index in [-0.39, 0.29) is 0 Å². The minimum absolute atomic E-state index is 0.408. The summed E-state index contributed by atoms with van der Waals surface area (Å²) in [5.74, 6) is 0.882. The fourth-order valence-corrected chi connectivity index (χ4v) is 5.27. The first-order valence-electron chi connectivity index (χ1n) is 8.01. The third-order valence-electron chi connectivity index (χ3n) is 4.27. The van der Waals surface area contributed by atoms with Crippen molar-refractivity contribution in [3.05, 3.63) is 0 Å². The lowest BCUT2D eigenvalue weighted by Gasteiger charge is -2.34. The zero-order valence-electron chi connectivity index (χ0n) is 13.2. The number of rotatable bonds is 2. The van der Waals surface area contributed by atoms with Gasteiger partial charge in [-0.3, -0.25) is 4.99 Å². The fraction of sp³-hybridized carbons (Fsp3) is 0.933. The van der Waals surface area contributed by atoms with Crippen LogP contribution in [0.15, 0.2) is 4.99 Å². The maximum absolute atomic E-state index is 4.90. The van der Waals surface area contributed by atoms with Gasteiger partial charge in [-0.25, -0.2) is 0 Å². The molecule has 2 nitrogen and oxygen atoms in total. The Bertz CT molecular complexity index is 330. The van der Waals surface area contributed by atoms with Crippen LogP contribution in [-0.2, 0) is 0 Å². The summed E-state index contributed by atoms with van der Waals surface area (Å²) in [6, 6.07) is 1.71. The molecule has 108 valence electrons. The molecule has 4 heteroatoms. The molecule has 0 N–H and O–H groups in total. The van der Waals surface area contributed by atoms with Gasteiger partial charge in [0.1, 0.15) is 7.85 Å². The van der Waals surface area contributed by atoms with Crippen LogP contribution < -0.4 is 0 Å². The Kier molecular flexibility index (Phi) is 5.27. The minimum atomic E-state index is 0.408. The number of amidine groups is 1. The summed E-state index contributed by atoms with van der Waals surface area (Å²) in [5.41, 5.74) is 0. The number of aliphatic imine (C=N–C) groups is 1. The summed E-state index contributed by atoms with van der Waals surface area (Å²) >= 11 is 2.06. The van der Waals surface area contributed by atoms with Gasteiger partial charge in [-0.2, -0.15) is 0 Å². The molecular formula is C15H29BN2S. The summed E-state index contributed by atoms with van der Waals surface area (Å²) in [6.07, 6.45) is 6.96. The predicted octanol–water partition coefficient (Wildman–Crippen LogP) is 3.33. The zero-order chi connectivity index (χ0) is 14.0. The quantitative estimate of drug-likeness (QED) is 0.721. The highest BCUT2D eigenvalue weighted by molar-refractivity contribution is 8.14. The van der Waals surface area contributed by atoms with Gasteiger partial charge >= 0.3 is 0 Å². The molecule has 0 aromatic carbocycles. The maximum Gasteiger partial charge on any atom is 0.160 e. The van der Waals surface area contributed by atoms with Gasteiger partial charge in [0, 0.05) is 23.4 Å². The number of hydrogen-bond acceptors (Lipinski definition) is 2. The molecule has 0 bridgehead atoms. The summed E-state index contributed by atoms with van der Waals surface area (Å²) < 4.78 is 0. The van der Waals surface area contributed by atoms with E-state index in [4.69, 9.17) is 4.99 Å². The molecule has 1 heterocycles. The molecule has 1 saturated carbocycles. The molecule has 2 aliphatic rings. The van der Waals surface area contributed by atoms with E-state index in [2.05, 4.69) is 52.2 Å². The Morgan fingerprint density at radius 2 is 1.89 bits per heavy atom. The average molecular weight is 280 g/mol. The van der Waals surface area contributed by atoms with Gasteiger partial charge in [0.2, 0.25) is 0 Å². The highest BCUT2D eigenvalue weighted by Crippen LogP contribution is 2.42. The molecule has 0 spiro atoms. The molecule has 1 aliphatic carbocycles. The molecule has 0 radical (unpaired) electrons. The van der Waals surface area contributed by atoms with E-state index in [0.717, 1.165) is 17.1 Å². The van der Waals surface area contributed by atoms with Gasteiger partial charge in [0.15, 0.2) is 5.17 Å². The second kappa shape index (κ2) is 6.56. The standard InChI is InChI=1S/C15H29BN2S/c1-10(2)17-15-18(11(3)4)13-8-6-5-7-12(16)9-14(13)19-15/h10-14H,5-9,16H2,1-4H3/b17-15-. The molecule has 19 heavy (non-hydrogen) atoms. The van der Waals surface area contributed by atoms with Crippen LogP contribution in [0.4, 0.5) is 0 Å². The van der Waals surface area contributed by atoms with Crippen molar-refractivity contribution < 1.29 is 0 Å². The summed E-state index contributed by atoms with van der Waals surface area (Å²) in [5, 5.41) is 2.09. The number of nitrogens with zero attached hydrogens (tertiary/aromatic N) is 2. The van der Waals surface area contributed by atoms with Crippen LogP contribution in [0.2, 0.25) is 5.82 Å². The second-order valence-corrected chi connectivity index (χ2v) is 8.06. The van der Waals surface area contributed by atoms with Crippen LogP contribution in [0.3, 0.4) is 0 Å². The van der Waals surface area contributed by atoms with Crippen molar-refractivity contribution in [2.24, 2.45) is 4.99 Å². The summed E-state index contributed by atoms with van der Waals surface area (Å²) in [6.45, 7) is 9.02. The van der Waals surface area contributed by atoms with E-state index in [1.165, 1.54) is 37.3 Å². The van der Waals surface area contributed by atoms with Gasteiger partial charge in [0.05, 0.1) is 0 Å². The highest BCUT2D eigenvalue weighted by atomic mass is 32.2. The topological polar surface area (TPSA) is 15.6 Å². The monoisotopic (exact) mass is 280 g/mol. The van der Waals surface area contributed by atoms with E-state index < -0.39 is 0 Å². The van der Waals surface area contributed by atoms with E-state index in [1.807, 2.05) is 0 Å². The van der Waals surface area contributed by atoms with Crippen LogP contribution in [0, 0.1) is 0 Å². The Balaban J connectivity index is 2.21. The van der Waals surface area contributed by atoms with Crippen LogP contribution in [0.1, 0.15) is 59.8 Å². The van der Waals surface area contributed by atoms with E-state index >= 15 is 0 Å². The van der Waals surface area contributed by atoms with Gasteiger partial charge in [-0.05, 0) is 40.5 Å². The second-order valence-electron chi connectivity index (χ2n) is 6.86. The van der Waals surface area contributed by atoms with Crippen molar-refractivity contribution in [1.29, 1.82) is 0 Å². The van der Waals surface area contributed by atoms with Gasteiger partial charge in [0.25, 0.3) is 0 Å². The number of hydrogen-bond donors (Lipinski definition) is 0. The molecule has 1 aliphatic heterocycles. The van der Waals surface area contributed by atoms with Crippen molar-refractivity contribution in [3.63, 3.8) is 0 Å². The fourth-order valence-electron chi connectivity index (χ4n) is 3.41. The largest absolute Gasteiger partial charge is 0.345 e. The molecule has 3 atom stereocenters. The normalized spacial score (nSPS) is 34.7. The Morgan fingerprint density at radius 3 is 2.53 bits per heavy atom. The van der Waals surface area contributed by atoms with E-state index in [0.29, 0.717) is 12.1 Å². The molecule has 2 fully saturated rings. The molecule has 2 rings (SSSR count). The van der Waals surface area contributed by atoms with E-state index in [1.54, 1.807) is 0 Å². The smallest absolute Gasteiger partial charge is 0.160 e. The summed E-state index contributed by atoms with van der Waals surface area (Å²) in [4.78, 5) is 7.51. The van der Waals surface area contributed by atoms with Crippen LogP contribution >= 0.6 is 11.8 Å². The Morgan fingerprint density at radius 1 is 1.21 bits per heavy atom. The van der Waals surface area contributed by atoms with Gasteiger partial charge in [-0.1, -0.05) is 36.8 Å². The Hall–Kier alpha value is -0.115. The van der Waals surface area contributed by atoms with Crippen molar-refractivity contribution >= 4 is 24.8 Å². The molecule has 1 saturated heterocycles. The number of fused-ring (bicyclic) bond motifs is 1. The zero-order valence-corrected chi connectivity index (χ0v) is 14.0. The van der Waals surface area contributed by atoms with Crippen LogP contribution in [-0.4, -0.2) is 41.3 Å². The minimum Gasteiger partial charge on any atom is -0.345 e.